The fourth-order valence-electron chi connectivity index (χ4n) is 2.45. The molecule has 172 valence electrons. The number of ketones is 2. The van der Waals surface area contributed by atoms with Gasteiger partial charge in [-0.3, -0.25) is 0 Å². The second-order valence-electron chi connectivity index (χ2n) is 7.82. The van der Waals surface area contributed by atoms with Crippen LogP contribution in [0.2, 0.25) is 8.87 Å². The molecule has 0 aliphatic heterocycles. The van der Waals surface area contributed by atoms with Crippen LogP contribution in [-0.2, 0) is 34.8 Å². The minimum atomic E-state index is -0.366. The molecule has 0 aliphatic rings. The summed E-state index contributed by atoms with van der Waals surface area (Å²) in [6, 6.07) is 0. The van der Waals surface area contributed by atoms with Crippen LogP contribution < -0.4 is 0 Å². The Hall–Kier alpha value is 0.839. The Morgan fingerprint density at radius 2 is 1.07 bits per heavy atom. The van der Waals surface area contributed by atoms with Gasteiger partial charge in [0.25, 0.3) is 0 Å². The zero-order chi connectivity index (χ0) is 22.9. The van der Waals surface area contributed by atoms with Crippen LogP contribution in [-0.4, -0.2) is 44.2 Å². The number of rotatable bonds is 16. The third-order valence-electron chi connectivity index (χ3n) is 4.87. The summed E-state index contributed by atoms with van der Waals surface area (Å²) in [5.41, 5.74) is 0. The molecular weight excluding hydrogens is 503 g/mol. The van der Waals surface area contributed by atoms with Crippen molar-refractivity contribution in [2.24, 2.45) is 11.8 Å². The van der Waals surface area contributed by atoms with Gasteiger partial charge in [-0.2, -0.15) is 11.5 Å². The normalized spacial score (nSPS) is 11.9. The van der Waals surface area contributed by atoms with Gasteiger partial charge in [0, 0.05) is 0 Å². The molecule has 0 rings (SSSR count). The third kappa shape index (κ3) is 33.7. The molecule has 0 radical (unpaired) electrons. The van der Waals surface area contributed by atoms with E-state index in [2.05, 4.69) is 27.7 Å². The van der Waals surface area contributed by atoms with Crippen molar-refractivity contribution in [2.45, 2.75) is 115 Å². The molecular formula is C24H48O2S2Sn. The first-order valence-corrected chi connectivity index (χ1v) is 16.9. The van der Waals surface area contributed by atoms with Gasteiger partial charge in [-0.05, 0) is 0 Å². The van der Waals surface area contributed by atoms with Crippen molar-refractivity contribution < 1.29 is 9.59 Å². The Labute approximate surface area is 204 Å². The SMILES string of the molecule is CC(=O)C[CH2][Sn+2][CH2]CC(C)=O.CCCCC(CC)C[S-].CCCCC(CC)C[S-]. The summed E-state index contributed by atoms with van der Waals surface area (Å²) in [5, 5.41) is 0. The van der Waals surface area contributed by atoms with Crippen LogP contribution in [0, 0.1) is 11.8 Å². The Morgan fingerprint density at radius 3 is 1.28 bits per heavy atom. The van der Waals surface area contributed by atoms with Crippen LogP contribution in [0.3, 0.4) is 0 Å². The van der Waals surface area contributed by atoms with Gasteiger partial charge in [-0.1, -0.05) is 90.9 Å². The molecule has 0 heterocycles. The Kier molecular flexibility index (Phi) is 34.3. The molecule has 2 atom stereocenters. The predicted octanol–water partition coefficient (Wildman–Crippen LogP) is 6.98. The van der Waals surface area contributed by atoms with Crippen molar-refractivity contribution in [3.05, 3.63) is 0 Å². The molecule has 0 fully saturated rings. The second kappa shape index (κ2) is 28.8. The van der Waals surface area contributed by atoms with Gasteiger partial charge in [0.05, 0.1) is 0 Å². The molecule has 29 heavy (non-hydrogen) atoms. The van der Waals surface area contributed by atoms with Crippen molar-refractivity contribution in [1.29, 1.82) is 0 Å². The monoisotopic (exact) mass is 552 g/mol. The first-order valence-electron chi connectivity index (χ1n) is 11.7. The third-order valence-corrected chi connectivity index (χ3v) is 9.25. The average Bonchev–Trinajstić information content (AvgIpc) is 2.70. The van der Waals surface area contributed by atoms with E-state index in [-0.39, 0.29) is 32.7 Å². The van der Waals surface area contributed by atoms with Gasteiger partial charge in [0.2, 0.25) is 0 Å². The molecule has 0 N–H and O–H groups in total. The average molecular weight is 551 g/mol. The molecule has 0 aromatic carbocycles. The van der Waals surface area contributed by atoms with E-state index in [4.69, 9.17) is 25.3 Å². The number of hydrogen-bond donors (Lipinski definition) is 0. The number of Topliss-reactive ketones (excluding diaryl/α,β-unsaturated/α-hetero) is 2. The number of hydrogen-bond acceptors (Lipinski definition) is 4. The van der Waals surface area contributed by atoms with Crippen LogP contribution in [0.25, 0.3) is 0 Å². The molecule has 0 bridgehead atoms. The van der Waals surface area contributed by atoms with E-state index in [0.717, 1.165) is 45.1 Å². The van der Waals surface area contributed by atoms with Crippen molar-refractivity contribution in [3.63, 3.8) is 0 Å². The standard InChI is InChI=1S/2C8H18S.2C4H7O.Sn/c2*1-3-5-6-8(4-2)7-9;2*1-3-4(2)5;/h2*8-9H,3-7H2,1-2H3;2*1,3H2,2H3;/q;;;;+2/p-2. The molecule has 0 saturated carbocycles. The molecule has 0 aromatic rings. The molecule has 5 heteroatoms. The van der Waals surface area contributed by atoms with E-state index in [1.165, 1.54) is 51.4 Å². The zero-order valence-corrected chi connectivity index (χ0v) is 24.7. The maximum atomic E-state index is 10.5. The van der Waals surface area contributed by atoms with Crippen LogP contribution >= 0.6 is 0 Å². The van der Waals surface area contributed by atoms with Crippen LogP contribution in [0.1, 0.15) is 106 Å². The zero-order valence-electron chi connectivity index (χ0n) is 20.2. The summed E-state index contributed by atoms with van der Waals surface area (Å²) in [4.78, 5) is 21.0. The van der Waals surface area contributed by atoms with E-state index >= 15 is 0 Å². The van der Waals surface area contributed by atoms with Crippen molar-refractivity contribution in [3.8, 4) is 0 Å². The summed E-state index contributed by atoms with van der Waals surface area (Å²) in [5.74, 6) is 4.12. The number of unbranched alkanes of at least 4 members (excludes halogenated alkanes) is 2. The molecule has 2 unspecified atom stereocenters. The molecule has 0 aliphatic carbocycles. The van der Waals surface area contributed by atoms with Gasteiger partial charge in [-0.25, -0.2) is 0 Å². The molecule has 0 saturated heterocycles. The first-order chi connectivity index (χ1) is 13.8. The predicted molar refractivity (Wildman–Crippen MR) is 137 cm³/mol. The fourth-order valence-corrected chi connectivity index (χ4v) is 6.99. The quantitative estimate of drug-likeness (QED) is 0.118. The van der Waals surface area contributed by atoms with Crippen LogP contribution in [0.4, 0.5) is 0 Å². The summed E-state index contributed by atoms with van der Waals surface area (Å²) in [6.45, 7) is 12.2. The van der Waals surface area contributed by atoms with Gasteiger partial charge in [0.15, 0.2) is 0 Å². The summed E-state index contributed by atoms with van der Waals surface area (Å²) >= 11 is 9.61. The maximum absolute atomic E-state index is 10.5. The Morgan fingerprint density at radius 1 is 0.724 bits per heavy atom. The van der Waals surface area contributed by atoms with Crippen molar-refractivity contribution in [2.75, 3.05) is 11.5 Å². The number of carbonyl (C=O) groups excluding carboxylic acids is 2. The minimum Gasteiger partial charge on any atom is -0.792 e. The maximum Gasteiger partial charge on any atom is -0.0523 e. The second-order valence-corrected chi connectivity index (χ2v) is 12.8. The van der Waals surface area contributed by atoms with Crippen molar-refractivity contribution in [1.82, 2.24) is 0 Å². The topological polar surface area (TPSA) is 34.1 Å². The van der Waals surface area contributed by atoms with E-state index < -0.39 is 0 Å². The molecule has 0 aromatic heterocycles. The molecule has 0 amide bonds. The summed E-state index contributed by atoms with van der Waals surface area (Å²) in [7, 11) is 0. The van der Waals surface area contributed by atoms with Crippen LogP contribution in [0.5, 0.6) is 0 Å². The Bertz CT molecular complexity index is 312. The van der Waals surface area contributed by atoms with Crippen LogP contribution in [0.15, 0.2) is 0 Å². The molecule has 0 spiro atoms. The van der Waals surface area contributed by atoms with Gasteiger partial charge in [-0.15, -0.1) is 0 Å². The van der Waals surface area contributed by atoms with E-state index in [0.29, 0.717) is 0 Å². The Balaban J connectivity index is -0.000000352. The van der Waals surface area contributed by atoms with Gasteiger partial charge >= 0.3 is 77.9 Å². The van der Waals surface area contributed by atoms with Gasteiger partial charge < -0.3 is 25.3 Å². The molecule has 2 nitrogen and oxygen atoms in total. The van der Waals surface area contributed by atoms with E-state index in [1.54, 1.807) is 13.8 Å². The fraction of sp³-hybridized carbons (Fsp3) is 0.917. The largest absolute Gasteiger partial charge is 0.792 e. The van der Waals surface area contributed by atoms with E-state index in [9.17, 15) is 9.59 Å². The minimum absolute atomic E-state index is 0.286. The number of carbonyl (C=O) groups is 2. The summed E-state index contributed by atoms with van der Waals surface area (Å²) < 4.78 is 2.21. The smallest absolute Gasteiger partial charge is 0.0523 e. The van der Waals surface area contributed by atoms with Gasteiger partial charge in [0.1, 0.15) is 0 Å². The summed E-state index contributed by atoms with van der Waals surface area (Å²) in [6.07, 6.45) is 12.0. The first kappa shape index (κ1) is 34.5. The van der Waals surface area contributed by atoms with E-state index in [1.807, 2.05) is 0 Å². The van der Waals surface area contributed by atoms with Crippen molar-refractivity contribution >= 4 is 58.0 Å².